The molecule has 0 saturated carbocycles. The van der Waals surface area contributed by atoms with E-state index in [1.165, 1.54) is 51.7 Å². The molecule has 2 nitrogen and oxygen atoms in total. The first kappa shape index (κ1) is 13.0. The van der Waals surface area contributed by atoms with E-state index in [0.29, 0.717) is 0 Å². The van der Waals surface area contributed by atoms with Crippen molar-refractivity contribution in [1.82, 2.24) is 10.2 Å². The molecule has 0 radical (unpaired) electrons. The zero-order valence-electron chi connectivity index (χ0n) is 10.8. The Labute approximate surface area is 95.4 Å². The van der Waals surface area contributed by atoms with Crippen LogP contribution in [0, 0.1) is 0 Å². The highest BCUT2D eigenvalue weighted by molar-refractivity contribution is 4.84. The molecule has 15 heavy (non-hydrogen) atoms. The van der Waals surface area contributed by atoms with Crippen molar-refractivity contribution in [1.29, 1.82) is 0 Å². The maximum atomic E-state index is 3.56. The molecule has 0 amide bonds. The molecule has 0 bridgehead atoms. The van der Waals surface area contributed by atoms with Crippen LogP contribution in [0.5, 0.6) is 0 Å². The lowest BCUT2D eigenvalue weighted by atomic mass is 10.1. The molecule has 1 saturated heterocycles. The number of nitrogens with one attached hydrogen (secondary N) is 1. The van der Waals surface area contributed by atoms with Crippen LogP contribution in [0.15, 0.2) is 0 Å². The number of nitrogens with zero attached hydrogens (tertiary/aromatic N) is 1. The molecule has 1 N–H and O–H groups in total. The molecular formula is C13H28N2. The van der Waals surface area contributed by atoms with E-state index in [-0.39, 0.29) is 0 Å². The summed E-state index contributed by atoms with van der Waals surface area (Å²) in [6, 6.07) is 1.59. The molecule has 1 aliphatic heterocycles. The average Bonchev–Trinajstić information content (AvgIpc) is 2.67. The van der Waals surface area contributed by atoms with Gasteiger partial charge in [0, 0.05) is 18.6 Å². The van der Waals surface area contributed by atoms with Crippen molar-refractivity contribution in [3.05, 3.63) is 0 Å². The van der Waals surface area contributed by atoms with E-state index in [4.69, 9.17) is 0 Å². The molecule has 2 heteroatoms. The Kier molecular flexibility index (Phi) is 6.26. The third-order valence-electron chi connectivity index (χ3n) is 3.50. The van der Waals surface area contributed by atoms with Gasteiger partial charge in [0.25, 0.3) is 0 Å². The predicted octanol–water partition coefficient (Wildman–Crippen LogP) is 2.64. The van der Waals surface area contributed by atoms with Crippen LogP contribution in [0.4, 0.5) is 0 Å². The molecule has 1 rings (SSSR count). The van der Waals surface area contributed by atoms with Crippen LogP contribution < -0.4 is 5.32 Å². The zero-order chi connectivity index (χ0) is 11.1. The summed E-state index contributed by atoms with van der Waals surface area (Å²) in [6.45, 7) is 10.6. The lowest BCUT2D eigenvalue weighted by Gasteiger charge is -2.30. The van der Waals surface area contributed by atoms with E-state index in [2.05, 4.69) is 31.0 Å². The van der Waals surface area contributed by atoms with Crippen LogP contribution in [-0.2, 0) is 0 Å². The van der Waals surface area contributed by atoms with Crippen molar-refractivity contribution in [3.8, 4) is 0 Å². The number of hydrogen-bond donors (Lipinski definition) is 1. The minimum Gasteiger partial charge on any atom is -0.315 e. The van der Waals surface area contributed by atoms with Crippen molar-refractivity contribution >= 4 is 0 Å². The van der Waals surface area contributed by atoms with Crippen LogP contribution >= 0.6 is 0 Å². The van der Waals surface area contributed by atoms with Crippen LogP contribution in [-0.4, -0.2) is 36.6 Å². The van der Waals surface area contributed by atoms with Gasteiger partial charge in [-0.2, -0.15) is 0 Å². The third-order valence-corrected chi connectivity index (χ3v) is 3.50. The Morgan fingerprint density at radius 3 is 2.80 bits per heavy atom. The first-order valence-electron chi connectivity index (χ1n) is 6.76. The number of hydrogen-bond acceptors (Lipinski definition) is 2. The molecule has 90 valence electrons. The first-order valence-corrected chi connectivity index (χ1v) is 6.76. The molecular weight excluding hydrogens is 184 g/mol. The smallest absolute Gasteiger partial charge is 0.0223 e. The normalized spacial score (nSPS) is 24.6. The van der Waals surface area contributed by atoms with Gasteiger partial charge in [0.15, 0.2) is 0 Å². The highest BCUT2D eigenvalue weighted by Crippen LogP contribution is 2.21. The van der Waals surface area contributed by atoms with Gasteiger partial charge in [0.2, 0.25) is 0 Å². The van der Waals surface area contributed by atoms with Crippen LogP contribution in [0.3, 0.4) is 0 Å². The SMILES string of the molecule is CCCNCC1CCCN1C(C)CCC. The standard InChI is InChI=1S/C13H28N2/c1-4-7-12(3)15-10-6-8-13(15)11-14-9-5-2/h12-14H,4-11H2,1-3H3. The summed E-state index contributed by atoms with van der Waals surface area (Å²) in [4.78, 5) is 2.71. The van der Waals surface area contributed by atoms with Crippen molar-refractivity contribution in [2.75, 3.05) is 19.6 Å². The molecule has 0 spiro atoms. The van der Waals surface area contributed by atoms with Crippen molar-refractivity contribution in [3.63, 3.8) is 0 Å². The highest BCUT2D eigenvalue weighted by Gasteiger charge is 2.27. The Morgan fingerprint density at radius 2 is 2.13 bits per heavy atom. The molecule has 0 aliphatic carbocycles. The maximum absolute atomic E-state index is 3.56. The Hall–Kier alpha value is -0.0800. The third kappa shape index (κ3) is 4.12. The molecule has 1 fully saturated rings. The number of likely N-dealkylation sites (tertiary alicyclic amines) is 1. The lowest BCUT2D eigenvalue weighted by molar-refractivity contribution is 0.179. The summed E-state index contributed by atoms with van der Waals surface area (Å²) in [5.74, 6) is 0. The topological polar surface area (TPSA) is 15.3 Å². The average molecular weight is 212 g/mol. The van der Waals surface area contributed by atoms with Crippen molar-refractivity contribution < 1.29 is 0 Å². The van der Waals surface area contributed by atoms with Crippen LogP contribution in [0.1, 0.15) is 52.9 Å². The second-order valence-electron chi connectivity index (χ2n) is 4.88. The van der Waals surface area contributed by atoms with Gasteiger partial charge >= 0.3 is 0 Å². The van der Waals surface area contributed by atoms with Crippen LogP contribution in [0.25, 0.3) is 0 Å². The molecule has 2 unspecified atom stereocenters. The van der Waals surface area contributed by atoms with E-state index in [1.807, 2.05) is 0 Å². The Bertz CT molecular complexity index is 159. The van der Waals surface area contributed by atoms with Gasteiger partial charge < -0.3 is 5.32 Å². The van der Waals surface area contributed by atoms with Crippen molar-refractivity contribution in [2.45, 2.75) is 65.0 Å². The van der Waals surface area contributed by atoms with E-state index >= 15 is 0 Å². The van der Waals surface area contributed by atoms with Crippen LogP contribution in [0.2, 0.25) is 0 Å². The lowest BCUT2D eigenvalue weighted by Crippen LogP contribution is -2.42. The Morgan fingerprint density at radius 1 is 1.33 bits per heavy atom. The highest BCUT2D eigenvalue weighted by atomic mass is 15.2. The number of rotatable bonds is 7. The second kappa shape index (κ2) is 7.24. The molecule has 0 aromatic carbocycles. The first-order chi connectivity index (χ1) is 7.29. The summed E-state index contributed by atoms with van der Waals surface area (Å²) in [6.07, 6.45) is 6.70. The minimum absolute atomic E-state index is 0.783. The van der Waals surface area contributed by atoms with E-state index < -0.39 is 0 Å². The fourth-order valence-corrected chi connectivity index (χ4v) is 2.69. The molecule has 1 aliphatic rings. The summed E-state index contributed by atoms with van der Waals surface area (Å²) >= 11 is 0. The zero-order valence-corrected chi connectivity index (χ0v) is 10.8. The fourth-order valence-electron chi connectivity index (χ4n) is 2.69. The van der Waals surface area contributed by atoms with Gasteiger partial charge in [-0.15, -0.1) is 0 Å². The quantitative estimate of drug-likeness (QED) is 0.653. The maximum Gasteiger partial charge on any atom is 0.0223 e. The summed E-state index contributed by atoms with van der Waals surface area (Å²) < 4.78 is 0. The van der Waals surface area contributed by atoms with Gasteiger partial charge in [-0.25, -0.2) is 0 Å². The van der Waals surface area contributed by atoms with Crippen molar-refractivity contribution in [2.24, 2.45) is 0 Å². The summed E-state index contributed by atoms with van der Waals surface area (Å²) in [7, 11) is 0. The molecule has 0 aromatic heterocycles. The Balaban J connectivity index is 2.28. The predicted molar refractivity (Wildman–Crippen MR) is 67.3 cm³/mol. The molecule has 1 heterocycles. The molecule has 0 aromatic rings. The largest absolute Gasteiger partial charge is 0.315 e. The van der Waals surface area contributed by atoms with E-state index in [1.54, 1.807) is 0 Å². The van der Waals surface area contributed by atoms with Gasteiger partial charge in [-0.3, -0.25) is 4.90 Å². The summed E-state index contributed by atoms with van der Waals surface area (Å²) in [5.41, 5.74) is 0. The fraction of sp³-hybridized carbons (Fsp3) is 1.00. The van der Waals surface area contributed by atoms with Gasteiger partial charge in [-0.1, -0.05) is 20.3 Å². The van der Waals surface area contributed by atoms with Gasteiger partial charge in [-0.05, 0) is 45.7 Å². The summed E-state index contributed by atoms with van der Waals surface area (Å²) in [5, 5.41) is 3.56. The monoisotopic (exact) mass is 212 g/mol. The van der Waals surface area contributed by atoms with E-state index in [0.717, 1.165) is 12.1 Å². The second-order valence-corrected chi connectivity index (χ2v) is 4.88. The van der Waals surface area contributed by atoms with Gasteiger partial charge in [0.05, 0.1) is 0 Å². The van der Waals surface area contributed by atoms with Gasteiger partial charge in [0.1, 0.15) is 0 Å². The van der Waals surface area contributed by atoms with E-state index in [9.17, 15) is 0 Å². The molecule has 2 atom stereocenters. The minimum atomic E-state index is 0.783.